The molecule has 1 heterocycles. The number of carboxylic acid groups (broad SMARTS) is 1. The third-order valence-corrected chi connectivity index (χ3v) is 3.00. The summed E-state index contributed by atoms with van der Waals surface area (Å²) in [5, 5.41) is 18.4. The SMILES string of the molecule is O=C(O)[C@@H]1C[C@@H](O)CN1C(=O)c1c(F)cccc1F. The fraction of sp³-hybridized carbons (Fsp3) is 0.333. The van der Waals surface area contributed by atoms with E-state index in [1.807, 2.05) is 0 Å². The maximum atomic E-state index is 13.5. The molecule has 2 atom stereocenters. The van der Waals surface area contributed by atoms with Crippen LogP contribution in [0.5, 0.6) is 0 Å². The van der Waals surface area contributed by atoms with E-state index in [0.717, 1.165) is 23.1 Å². The molecule has 0 bridgehead atoms. The Kier molecular flexibility index (Phi) is 3.48. The lowest BCUT2D eigenvalue weighted by atomic mass is 10.1. The molecule has 1 saturated heterocycles. The number of hydrogen-bond donors (Lipinski definition) is 2. The molecular formula is C12H11F2NO4. The summed E-state index contributed by atoms with van der Waals surface area (Å²) in [6.45, 7) is -0.260. The zero-order valence-electron chi connectivity index (χ0n) is 9.72. The van der Waals surface area contributed by atoms with E-state index < -0.39 is 41.2 Å². The van der Waals surface area contributed by atoms with Gasteiger partial charge in [0.25, 0.3) is 5.91 Å². The minimum Gasteiger partial charge on any atom is -0.480 e. The third kappa shape index (κ3) is 2.41. The molecule has 102 valence electrons. The molecular weight excluding hydrogens is 260 g/mol. The number of hydrogen-bond acceptors (Lipinski definition) is 3. The average Bonchev–Trinajstić information content (AvgIpc) is 2.71. The molecule has 0 aromatic heterocycles. The number of benzene rings is 1. The molecule has 0 unspecified atom stereocenters. The Morgan fingerprint density at radius 1 is 1.26 bits per heavy atom. The molecule has 1 aliphatic rings. The minimum absolute atomic E-state index is 0.156. The van der Waals surface area contributed by atoms with Crippen molar-refractivity contribution in [2.24, 2.45) is 0 Å². The molecule has 19 heavy (non-hydrogen) atoms. The van der Waals surface area contributed by atoms with Crippen LogP contribution < -0.4 is 0 Å². The van der Waals surface area contributed by atoms with Gasteiger partial charge < -0.3 is 15.1 Å². The lowest BCUT2D eigenvalue weighted by Crippen LogP contribution is -2.41. The van der Waals surface area contributed by atoms with E-state index in [4.69, 9.17) is 5.11 Å². The Bertz CT molecular complexity index is 514. The highest BCUT2D eigenvalue weighted by molar-refractivity contribution is 5.97. The predicted octanol–water partition coefficient (Wildman–Crippen LogP) is 0.625. The smallest absolute Gasteiger partial charge is 0.326 e. The van der Waals surface area contributed by atoms with Crippen molar-refractivity contribution in [2.75, 3.05) is 6.54 Å². The molecule has 0 spiro atoms. The molecule has 2 rings (SSSR count). The lowest BCUT2D eigenvalue weighted by Gasteiger charge is -2.21. The number of likely N-dealkylation sites (tertiary alicyclic amines) is 1. The minimum atomic E-state index is -1.32. The topological polar surface area (TPSA) is 77.8 Å². The summed E-state index contributed by atoms with van der Waals surface area (Å²) >= 11 is 0. The van der Waals surface area contributed by atoms with Gasteiger partial charge in [0.05, 0.1) is 6.10 Å². The van der Waals surface area contributed by atoms with Crippen molar-refractivity contribution in [3.8, 4) is 0 Å². The monoisotopic (exact) mass is 271 g/mol. The predicted molar refractivity (Wildman–Crippen MR) is 59.4 cm³/mol. The van der Waals surface area contributed by atoms with Gasteiger partial charge in [-0.1, -0.05) is 6.07 Å². The summed E-state index contributed by atoms with van der Waals surface area (Å²) in [7, 11) is 0. The van der Waals surface area contributed by atoms with E-state index >= 15 is 0 Å². The van der Waals surface area contributed by atoms with Crippen molar-refractivity contribution >= 4 is 11.9 Å². The van der Waals surface area contributed by atoms with E-state index in [0.29, 0.717) is 0 Å². The maximum Gasteiger partial charge on any atom is 0.326 e. The molecule has 1 aromatic rings. The molecule has 1 fully saturated rings. The van der Waals surface area contributed by atoms with Gasteiger partial charge in [-0.25, -0.2) is 13.6 Å². The molecule has 1 amide bonds. The van der Waals surface area contributed by atoms with Crippen LogP contribution in [-0.4, -0.2) is 45.7 Å². The van der Waals surface area contributed by atoms with Crippen molar-refractivity contribution < 1.29 is 28.6 Å². The maximum absolute atomic E-state index is 13.5. The van der Waals surface area contributed by atoms with E-state index in [1.54, 1.807) is 0 Å². The van der Waals surface area contributed by atoms with Crippen LogP contribution >= 0.6 is 0 Å². The Hall–Kier alpha value is -2.02. The van der Waals surface area contributed by atoms with Gasteiger partial charge in [-0.2, -0.15) is 0 Å². The van der Waals surface area contributed by atoms with E-state index in [2.05, 4.69) is 0 Å². The second-order valence-electron chi connectivity index (χ2n) is 4.30. The van der Waals surface area contributed by atoms with Crippen LogP contribution in [0.4, 0.5) is 8.78 Å². The summed E-state index contributed by atoms with van der Waals surface area (Å²) < 4.78 is 27.0. The zero-order chi connectivity index (χ0) is 14.2. The van der Waals surface area contributed by atoms with Gasteiger partial charge in [0.15, 0.2) is 0 Å². The normalized spacial score (nSPS) is 22.6. The van der Waals surface area contributed by atoms with Crippen LogP contribution in [-0.2, 0) is 4.79 Å². The van der Waals surface area contributed by atoms with Crippen LogP contribution in [0.15, 0.2) is 18.2 Å². The molecule has 7 heteroatoms. The van der Waals surface area contributed by atoms with E-state index in [-0.39, 0.29) is 13.0 Å². The Labute approximate surface area is 107 Å². The number of amides is 1. The van der Waals surface area contributed by atoms with Crippen molar-refractivity contribution in [1.29, 1.82) is 0 Å². The number of aliphatic hydroxyl groups excluding tert-OH is 1. The highest BCUT2D eigenvalue weighted by atomic mass is 19.1. The van der Waals surface area contributed by atoms with Crippen molar-refractivity contribution in [3.05, 3.63) is 35.4 Å². The Morgan fingerprint density at radius 2 is 1.84 bits per heavy atom. The number of carbonyl (C=O) groups excluding carboxylic acids is 1. The second kappa shape index (κ2) is 4.93. The van der Waals surface area contributed by atoms with E-state index in [9.17, 15) is 23.5 Å². The van der Waals surface area contributed by atoms with Gasteiger partial charge in [0, 0.05) is 13.0 Å². The summed E-state index contributed by atoms with van der Waals surface area (Å²) in [6, 6.07) is 1.66. The fourth-order valence-corrected chi connectivity index (χ4v) is 2.12. The van der Waals surface area contributed by atoms with Gasteiger partial charge in [-0.3, -0.25) is 4.79 Å². The summed E-state index contributed by atoms with van der Waals surface area (Å²) in [5.41, 5.74) is -0.803. The number of carboxylic acids is 1. The first kappa shape index (κ1) is 13.4. The number of β-amino-alcohol motifs (C(OH)–C–C–N with tert-alkyl or cyclic N) is 1. The number of aliphatic hydroxyl groups is 1. The van der Waals surface area contributed by atoms with Gasteiger partial charge in [-0.05, 0) is 12.1 Å². The second-order valence-corrected chi connectivity index (χ2v) is 4.30. The highest BCUT2D eigenvalue weighted by Crippen LogP contribution is 2.23. The van der Waals surface area contributed by atoms with Crippen LogP contribution in [0.3, 0.4) is 0 Å². The van der Waals surface area contributed by atoms with Gasteiger partial charge >= 0.3 is 5.97 Å². The number of aliphatic carboxylic acids is 1. The van der Waals surface area contributed by atoms with Crippen LogP contribution in [0.2, 0.25) is 0 Å². The number of halogens is 2. The number of nitrogens with zero attached hydrogens (tertiary/aromatic N) is 1. The van der Waals surface area contributed by atoms with Gasteiger partial charge in [0.2, 0.25) is 0 Å². The number of rotatable bonds is 2. The molecule has 2 N–H and O–H groups in total. The summed E-state index contributed by atoms with van der Waals surface area (Å²) in [6.07, 6.45) is -1.17. The van der Waals surface area contributed by atoms with Crippen molar-refractivity contribution in [2.45, 2.75) is 18.6 Å². The summed E-state index contributed by atoms with van der Waals surface area (Å²) in [4.78, 5) is 23.8. The van der Waals surface area contributed by atoms with Crippen LogP contribution in [0.25, 0.3) is 0 Å². The Morgan fingerprint density at radius 3 is 2.37 bits per heavy atom. The molecule has 1 aliphatic heterocycles. The largest absolute Gasteiger partial charge is 0.480 e. The number of carbonyl (C=O) groups is 2. The standard InChI is InChI=1S/C12H11F2NO4/c13-7-2-1-3-8(14)10(7)11(17)15-5-6(16)4-9(15)12(18)19/h1-3,6,9,16H,4-5H2,(H,18,19)/t6-,9+/m1/s1. The molecule has 0 radical (unpaired) electrons. The first-order chi connectivity index (χ1) is 8.91. The third-order valence-electron chi connectivity index (χ3n) is 3.00. The molecule has 0 aliphatic carbocycles. The van der Waals surface area contributed by atoms with Gasteiger partial charge in [0.1, 0.15) is 23.2 Å². The van der Waals surface area contributed by atoms with Gasteiger partial charge in [-0.15, -0.1) is 0 Å². The van der Waals surface area contributed by atoms with E-state index in [1.165, 1.54) is 0 Å². The van der Waals surface area contributed by atoms with Crippen molar-refractivity contribution in [3.63, 3.8) is 0 Å². The van der Waals surface area contributed by atoms with Crippen molar-refractivity contribution in [1.82, 2.24) is 4.90 Å². The fourth-order valence-electron chi connectivity index (χ4n) is 2.12. The molecule has 0 saturated carbocycles. The van der Waals surface area contributed by atoms with Crippen LogP contribution in [0.1, 0.15) is 16.8 Å². The zero-order valence-corrected chi connectivity index (χ0v) is 9.72. The first-order valence-corrected chi connectivity index (χ1v) is 5.57. The quantitative estimate of drug-likeness (QED) is 0.826. The summed E-state index contributed by atoms with van der Waals surface area (Å²) in [5.74, 6) is -4.51. The molecule has 1 aromatic carbocycles. The average molecular weight is 271 g/mol. The molecule has 5 nitrogen and oxygen atoms in total. The lowest BCUT2D eigenvalue weighted by molar-refractivity contribution is -0.141. The highest BCUT2D eigenvalue weighted by Gasteiger charge is 2.40. The Balaban J connectivity index is 2.36. The first-order valence-electron chi connectivity index (χ1n) is 5.57. The van der Waals surface area contributed by atoms with Crippen LogP contribution in [0, 0.1) is 11.6 Å².